The molecule has 0 amide bonds. The second kappa shape index (κ2) is 8.09. The van der Waals surface area contributed by atoms with Gasteiger partial charge in [0.05, 0.1) is 30.6 Å². The van der Waals surface area contributed by atoms with E-state index in [4.69, 9.17) is 21.1 Å². The fourth-order valence-corrected chi connectivity index (χ4v) is 3.67. The number of hydrogen-bond donors (Lipinski definition) is 1. The molecule has 0 aliphatic heterocycles. The fraction of sp³-hybridized carbons (Fsp3) is 0.750. The van der Waals surface area contributed by atoms with E-state index in [2.05, 4.69) is 9.82 Å². The maximum Gasteiger partial charge on any atom is 0.244 e. The average molecular weight is 340 g/mol. The number of nitrogens with one attached hydrogen (secondary N) is 1. The predicted molar refractivity (Wildman–Crippen MR) is 80.3 cm³/mol. The third-order valence-corrected chi connectivity index (χ3v) is 4.91. The van der Waals surface area contributed by atoms with Gasteiger partial charge in [0, 0.05) is 26.6 Å². The highest BCUT2D eigenvalue weighted by Crippen LogP contribution is 2.19. The Bertz CT molecular complexity index is 559. The van der Waals surface area contributed by atoms with Crippen molar-refractivity contribution in [3.05, 3.63) is 11.4 Å². The quantitative estimate of drug-likeness (QED) is 0.669. The summed E-state index contributed by atoms with van der Waals surface area (Å²) in [6.45, 7) is 4.28. The lowest BCUT2D eigenvalue weighted by Gasteiger charge is -2.15. The number of aromatic nitrogens is 2. The minimum Gasteiger partial charge on any atom is -0.382 e. The number of halogens is 1. The summed E-state index contributed by atoms with van der Waals surface area (Å²) in [5.74, 6) is 0.370. The van der Waals surface area contributed by atoms with E-state index in [1.54, 1.807) is 18.5 Å². The molecular weight excluding hydrogens is 318 g/mol. The van der Waals surface area contributed by atoms with Crippen LogP contribution in [0.25, 0.3) is 0 Å². The number of sulfonamides is 1. The van der Waals surface area contributed by atoms with Crippen LogP contribution in [-0.4, -0.2) is 57.6 Å². The lowest BCUT2D eigenvalue weighted by atomic mass is 10.4. The highest BCUT2D eigenvalue weighted by atomic mass is 35.5. The molecule has 0 aliphatic rings. The Balaban J connectivity index is 2.93. The SMILES string of the molecule is COCC(CNS(=O)(=O)c1c(C)nn(CCCl)c1C)OC. The van der Waals surface area contributed by atoms with Crippen LogP contribution in [0, 0.1) is 13.8 Å². The molecule has 0 saturated carbocycles. The molecule has 0 fully saturated rings. The van der Waals surface area contributed by atoms with Crippen molar-refractivity contribution < 1.29 is 17.9 Å². The molecule has 122 valence electrons. The van der Waals surface area contributed by atoms with Gasteiger partial charge in [-0.3, -0.25) is 4.68 Å². The summed E-state index contributed by atoms with van der Waals surface area (Å²) in [7, 11) is -0.615. The summed E-state index contributed by atoms with van der Waals surface area (Å²) >= 11 is 5.68. The summed E-state index contributed by atoms with van der Waals surface area (Å²) in [5, 5.41) is 4.21. The molecule has 1 heterocycles. The molecule has 1 atom stereocenters. The Morgan fingerprint density at radius 2 is 2.05 bits per heavy atom. The summed E-state index contributed by atoms with van der Waals surface area (Å²) in [4.78, 5) is 0.194. The number of rotatable bonds is 9. The smallest absolute Gasteiger partial charge is 0.244 e. The third kappa shape index (κ3) is 4.65. The fourth-order valence-electron chi connectivity index (χ4n) is 2.04. The lowest BCUT2D eigenvalue weighted by Crippen LogP contribution is -2.36. The van der Waals surface area contributed by atoms with Gasteiger partial charge in [-0.1, -0.05) is 0 Å². The first-order valence-electron chi connectivity index (χ1n) is 6.48. The number of ether oxygens (including phenoxy) is 2. The summed E-state index contributed by atoms with van der Waals surface area (Å²) in [5.41, 5.74) is 1.02. The van der Waals surface area contributed by atoms with Gasteiger partial charge in [-0.05, 0) is 13.8 Å². The molecule has 9 heteroatoms. The van der Waals surface area contributed by atoms with Crippen molar-refractivity contribution in [2.45, 2.75) is 31.4 Å². The van der Waals surface area contributed by atoms with E-state index < -0.39 is 10.0 Å². The maximum atomic E-state index is 12.4. The van der Waals surface area contributed by atoms with Crippen molar-refractivity contribution in [2.75, 3.05) is 33.3 Å². The zero-order chi connectivity index (χ0) is 16.0. The minimum atomic E-state index is -3.65. The molecule has 1 unspecified atom stereocenters. The molecule has 7 nitrogen and oxygen atoms in total. The normalized spacial score (nSPS) is 13.6. The van der Waals surface area contributed by atoms with Crippen LogP contribution in [0.3, 0.4) is 0 Å². The van der Waals surface area contributed by atoms with E-state index in [0.717, 1.165) is 0 Å². The largest absolute Gasteiger partial charge is 0.382 e. The van der Waals surface area contributed by atoms with Crippen molar-refractivity contribution in [3.8, 4) is 0 Å². The molecule has 1 N–H and O–H groups in total. The lowest BCUT2D eigenvalue weighted by molar-refractivity contribution is 0.0320. The van der Waals surface area contributed by atoms with Gasteiger partial charge in [-0.25, -0.2) is 13.1 Å². The van der Waals surface area contributed by atoms with Gasteiger partial charge >= 0.3 is 0 Å². The van der Waals surface area contributed by atoms with Crippen LogP contribution in [0.2, 0.25) is 0 Å². The zero-order valence-electron chi connectivity index (χ0n) is 12.7. The monoisotopic (exact) mass is 339 g/mol. The van der Waals surface area contributed by atoms with Gasteiger partial charge in [0.2, 0.25) is 10.0 Å². The Kier molecular flexibility index (Phi) is 7.08. The molecular formula is C12H22ClN3O4S. The zero-order valence-corrected chi connectivity index (χ0v) is 14.3. The van der Waals surface area contributed by atoms with E-state index >= 15 is 0 Å². The van der Waals surface area contributed by atoms with Gasteiger partial charge in [0.1, 0.15) is 4.90 Å². The highest BCUT2D eigenvalue weighted by Gasteiger charge is 2.25. The first-order valence-corrected chi connectivity index (χ1v) is 8.50. The van der Waals surface area contributed by atoms with Gasteiger partial charge in [0.15, 0.2) is 0 Å². The Labute approximate surface area is 130 Å². The standard InChI is InChI=1S/C12H22ClN3O4S/c1-9-12(10(2)16(15-9)6-5-13)21(17,18)14-7-11(20-4)8-19-3/h11,14H,5-8H2,1-4H3. The summed E-state index contributed by atoms with van der Waals surface area (Å²) in [6.07, 6.45) is -0.344. The van der Waals surface area contributed by atoms with E-state index in [1.165, 1.54) is 14.2 Å². The number of methoxy groups -OCH3 is 2. The molecule has 0 aliphatic carbocycles. The van der Waals surface area contributed by atoms with E-state index in [-0.39, 0.29) is 17.5 Å². The predicted octanol–water partition coefficient (Wildman–Crippen LogP) is 0.678. The van der Waals surface area contributed by atoms with Crippen molar-refractivity contribution in [1.82, 2.24) is 14.5 Å². The number of alkyl halides is 1. The van der Waals surface area contributed by atoms with Gasteiger partial charge in [-0.15, -0.1) is 11.6 Å². The number of nitrogens with zero attached hydrogens (tertiary/aromatic N) is 2. The minimum absolute atomic E-state index is 0.131. The van der Waals surface area contributed by atoms with Gasteiger partial charge in [0.25, 0.3) is 0 Å². The Morgan fingerprint density at radius 3 is 2.57 bits per heavy atom. The first kappa shape index (κ1) is 18.4. The number of aryl methyl sites for hydroxylation is 2. The number of hydrogen-bond acceptors (Lipinski definition) is 5. The molecule has 0 aromatic carbocycles. The van der Waals surface area contributed by atoms with Crippen molar-refractivity contribution in [3.63, 3.8) is 0 Å². The van der Waals surface area contributed by atoms with Crippen LogP contribution >= 0.6 is 11.6 Å². The molecule has 1 aromatic rings. The second-order valence-corrected chi connectivity index (χ2v) is 6.66. The summed E-state index contributed by atoms with van der Waals surface area (Å²) in [6, 6.07) is 0. The summed E-state index contributed by atoms with van der Waals surface area (Å²) < 4.78 is 39.1. The molecule has 0 radical (unpaired) electrons. The van der Waals surface area contributed by atoms with E-state index in [9.17, 15) is 8.42 Å². The van der Waals surface area contributed by atoms with Gasteiger partial charge in [-0.2, -0.15) is 5.10 Å². The first-order chi connectivity index (χ1) is 9.87. The van der Waals surface area contributed by atoms with Crippen LogP contribution in [0.5, 0.6) is 0 Å². The molecule has 1 aromatic heterocycles. The van der Waals surface area contributed by atoms with Crippen LogP contribution in [0.4, 0.5) is 0 Å². The molecule has 1 rings (SSSR count). The third-order valence-electron chi connectivity index (χ3n) is 3.07. The maximum absolute atomic E-state index is 12.4. The topological polar surface area (TPSA) is 82.5 Å². The van der Waals surface area contributed by atoms with Crippen molar-refractivity contribution >= 4 is 21.6 Å². The molecule has 0 bridgehead atoms. The van der Waals surface area contributed by atoms with Crippen LogP contribution in [-0.2, 0) is 26.0 Å². The van der Waals surface area contributed by atoms with Crippen LogP contribution < -0.4 is 4.72 Å². The van der Waals surface area contributed by atoms with Crippen LogP contribution in [0.1, 0.15) is 11.4 Å². The highest BCUT2D eigenvalue weighted by molar-refractivity contribution is 7.89. The molecule has 0 spiro atoms. The second-order valence-electron chi connectivity index (χ2n) is 4.58. The van der Waals surface area contributed by atoms with Crippen LogP contribution in [0.15, 0.2) is 4.90 Å². The Morgan fingerprint density at radius 1 is 1.38 bits per heavy atom. The van der Waals surface area contributed by atoms with Crippen molar-refractivity contribution in [1.29, 1.82) is 0 Å². The Hall–Kier alpha value is -0.670. The van der Waals surface area contributed by atoms with E-state index in [1.807, 2.05) is 0 Å². The van der Waals surface area contributed by atoms with Crippen molar-refractivity contribution in [2.24, 2.45) is 0 Å². The average Bonchev–Trinajstić information content (AvgIpc) is 2.70. The molecule has 21 heavy (non-hydrogen) atoms. The molecule has 0 saturated heterocycles. The van der Waals surface area contributed by atoms with E-state index in [0.29, 0.717) is 30.4 Å². The van der Waals surface area contributed by atoms with Gasteiger partial charge < -0.3 is 9.47 Å².